The van der Waals surface area contributed by atoms with Crippen molar-refractivity contribution >= 4 is 23.6 Å². The molecule has 1 N–H and O–H groups in total. The first kappa shape index (κ1) is 14.4. The molecule has 8 heteroatoms. The Morgan fingerprint density at radius 2 is 1.95 bits per heavy atom. The monoisotopic (exact) mass is 310 g/mol. The Labute approximate surface area is 126 Å². The second kappa shape index (κ2) is 6.05. The standard InChI is InChI=1S/C13H18N4O3S/c18-10(16-5-1-2-6-16)7-17-12(9-3-4-9)14-15-13(17)21-8-11(19)20/h9H,1-8H2,(H,19,20). The van der Waals surface area contributed by atoms with E-state index < -0.39 is 5.97 Å². The van der Waals surface area contributed by atoms with E-state index in [9.17, 15) is 9.59 Å². The van der Waals surface area contributed by atoms with E-state index in [0.717, 1.165) is 56.4 Å². The fraction of sp³-hybridized carbons (Fsp3) is 0.692. The molecule has 7 nitrogen and oxygen atoms in total. The van der Waals surface area contributed by atoms with Crippen LogP contribution in [0.5, 0.6) is 0 Å². The minimum atomic E-state index is -0.895. The van der Waals surface area contributed by atoms with Crippen molar-refractivity contribution in [3.05, 3.63) is 5.82 Å². The molecule has 2 aliphatic rings. The number of thioether (sulfide) groups is 1. The van der Waals surface area contributed by atoms with Crippen LogP contribution in [0.25, 0.3) is 0 Å². The summed E-state index contributed by atoms with van der Waals surface area (Å²) in [6.45, 7) is 1.86. The maximum atomic E-state index is 12.3. The molecule has 0 radical (unpaired) electrons. The van der Waals surface area contributed by atoms with Gasteiger partial charge in [0.1, 0.15) is 12.4 Å². The van der Waals surface area contributed by atoms with Gasteiger partial charge in [-0.2, -0.15) is 0 Å². The third-order valence-electron chi connectivity index (χ3n) is 3.76. The van der Waals surface area contributed by atoms with Crippen LogP contribution in [0.2, 0.25) is 0 Å². The highest BCUT2D eigenvalue weighted by Gasteiger charge is 2.32. The smallest absolute Gasteiger partial charge is 0.313 e. The van der Waals surface area contributed by atoms with Gasteiger partial charge in [-0.25, -0.2) is 0 Å². The molecule has 1 aromatic heterocycles. The van der Waals surface area contributed by atoms with Crippen LogP contribution < -0.4 is 0 Å². The lowest BCUT2D eigenvalue weighted by molar-refractivity contribution is -0.134. The number of aromatic nitrogens is 3. The molecule has 1 saturated carbocycles. The molecule has 3 rings (SSSR count). The van der Waals surface area contributed by atoms with Crippen LogP contribution in [-0.2, 0) is 16.1 Å². The van der Waals surface area contributed by atoms with Gasteiger partial charge in [-0.1, -0.05) is 11.8 Å². The maximum absolute atomic E-state index is 12.3. The van der Waals surface area contributed by atoms with E-state index in [4.69, 9.17) is 5.11 Å². The number of hydrogen-bond acceptors (Lipinski definition) is 5. The molecule has 1 aliphatic heterocycles. The summed E-state index contributed by atoms with van der Waals surface area (Å²) in [6.07, 6.45) is 4.26. The lowest BCUT2D eigenvalue weighted by atomic mass is 10.4. The minimum Gasteiger partial charge on any atom is -0.481 e. The van der Waals surface area contributed by atoms with Crippen LogP contribution in [0.3, 0.4) is 0 Å². The van der Waals surface area contributed by atoms with Crippen molar-refractivity contribution in [2.45, 2.75) is 43.3 Å². The number of carboxylic acid groups (broad SMARTS) is 1. The highest BCUT2D eigenvalue weighted by atomic mass is 32.2. The SMILES string of the molecule is O=C(O)CSc1nnc(C2CC2)n1CC(=O)N1CCCC1. The summed E-state index contributed by atoms with van der Waals surface area (Å²) in [5, 5.41) is 17.6. The molecular formula is C13H18N4O3S. The number of carbonyl (C=O) groups is 2. The first-order valence-corrected chi connectivity index (χ1v) is 8.19. The summed E-state index contributed by atoms with van der Waals surface area (Å²) in [7, 11) is 0. The summed E-state index contributed by atoms with van der Waals surface area (Å²) in [4.78, 5) is 24.9. The molecule has 0 bridgehead atoms. The molecule has 0 aromatic carbocycles. The van der Waals surface area contributed by atoms with Gasteiger partial charge in [0, 0.05) is 19.0 Å². The number of carboxylic acids is 1. The molecule has 0 spiro atoms. The Kier molecular flexibility index (Phi) is 4.14. The van der Waals surface area contributed by atoms with Gasteiger partial charge in [0.05, 0.1) is 5.75 Å². The summed E-state index contributed by atoms with van der Waals surface area (Å²) in [5.41, 5.74) is 0. The molecule has 1 amide bonds. The summed E-state index contributed by atoms with van der Waals surface area (Å²) >= 11 is 1.12. The highest BCUT2D eigenvalue weighted by molar-refractivity contribution is 7.99. The molecule has 0 atom stereocenters. The summed E-state index contributed by atoms with van der Waals surface area (Å²) < 4.78 is 1.81. The molecular weight excluding hydrogens is 292 g/mol. The van der Waals surface area contributed by atoms with Crippen molar-refractivity contribution in [1.29, 1.82) is 0 Å². The third kappa shape index (κ3) is 3.37. The van der Waals surface area contributed by atoms with E-state index in [2.05, 4.69) is 10.2 Å². The second-order valence-electron chi connectivity index (χ2n) is 5.47. The average Bonchev–Trinajstić information content (AvgIpc) is 3.01. The van der Waals surface area contributed by atoms with Crippen LogP contribution in [0.15, 0.2) is 5.16 Å². The van der Waals surface area contributed by atoms with E-state index in [1.165, 1.54) is 0 Å². The number of nitrogens with zero attached hydrogens (tertiary/aromatic N) is 4. The Morgan fingerprint density at radius 3 is 2.57 bits per heavy atom. The molecule has 1 aromatic rings. The fourth-order valence-electron chi connectivity index (χ4n) is 2.53. The zero-order chi connectivity index (χ0) is 14.8. The quantitative estimate of drug-likeness (QED) is 0.787. The first-order chi connectivity index (χ1) is 10.1. The maximum Gasteiger partial charge on any atom is 0.313 e. The average molecular weight is 310 g/mol. The molecule has 0 unspecified atom stereocenters. The largest absolute Gasteiger partial charge is 0.481 e. The summed E-state index contributed by atoms with van der Waals surface area (Å²) in [6, 6.07) is 0. The number of amides is 1. The van der Waals surface area contributed by atoms with Crippen molar-refractivity contribution in [2.75, 3.05) is 18.8 Å². The van der Waals surface area contributed by atoms with Gasteiger partial charge in [0.25, 0.3) is 0 Å². The van der Waals surface area contributed by atoms with Crippen molar-refractivity contribution in [3.63, 3.8) is 0 Å². The Balaban J connectivity index is 1.75. The van der Waals surface area contributed by atoms with Gasteiger partial charge in [-0.3, -0.25) is 14.2 Å². The first-order valence-electron chi connectivity index (χ1n) is 7.20. The third-order valence-corrected chi connectivity index (χ3v) is 4.72. The van der Waals surface area contributed by atoms with Gasteiger partial charge < -0.3 is 10.0 Å². The summed E-state index contributed by atoms with van der Waals surface area (Å²) in [5.74, 6) is 0.319. The number of likely N-dealkylation sites (tertiary alicyclic amines) is 1. The van der Waals surface area contributed by atoms with Crippen molar-refractivity contribution < 1.29 is 14.7 Å². The molecule has 1 aliphatic carbocycles. The van der Waals surface area contributed by atoms with Gasteiger partial charge >= 0.3 is 5.97 Å². The van der Waals surface area contributed by atoms with Crippen LogP contribution >= 0.6 is 11.8 Å². The van der Waals surface area contributed by atoms with E-state index in [1.54, 1.807) is 0 Å². The Bertz CT molecular complexity index is 550. The number of aliphatic carboxylic acids is 1. The number of rotatable bonds is 6. The highest BCUT2D eigenvalue weighted by Crippen LogP contribution is 2.40. The molecule has 114 valence electrons. The van der Waals surface area contributed by atoms with Gasteiger partial charge in [0.15, 0.2) is 5.16 Å². The molecule has 2 fully saturated rings. The van der Waals surface area contributed by atoms with E-state index in [-0.39, 0.29) is 18.2 Å². The van der Waals surface area contributed by atoms with E-state index in [0.29, 0.717) is 11.1 Å². The lowest BCUT2D eigenvalue weighted by Gasteiger charge is -2.17. The zero-order valence-electron chi connectivity index (χ0n) is 11.7. The van der Waals surface area contributed by atoms with Crippen LogP contribution in [0, 0.1) is 0 Å². The van der Waals surface area contributed by atoms with E-state index >= 15 is 0 Å². The lowest BCUT2D eigenvalue weighted by Crippen LogP contribution is -2.31. The minimum absolute atomic E-state index is 0.0687. The van der Waals surface area contributed by atoms with Gasteiger partial charge in [-0.05, 0) is 25.7 Å². The number of carbonyl (C=O) groups excluding carboxylic acids is 1. The predicted octanol–water partition coefficient (Wildman–Crippen LogP) is 0.955. The van der Waals surface area contributed by atoms with E-state index in [1.807, 2.05) is 9.47 Å². The predicted molar refractivity (Wildman–Crippen MR) is 76.2 cm³/mol. The number of hydrogen-bond donors (Lipinski definition) is 1. The van der Waals surface area contributed by atoms with Crippen molar-refractivity contribution in [1.82, 2.24) is 19.7 Å². The second-order valence-corrected chi connectivity index (χ2v) is 6.41. The normalized spacial score (nSPS) is 18.2. The van der Waals surface area contributed by atoms with Gasteiger partial charge in [0.2, 0.25) is 5.91 Å². The molecule has 1 saturated heterocycles. The van der Waals surface area contributed by atoms with Crippen LogP contribution in [0.1, 0.15) is 37.4 Å². The van der Waals surface area contributed by atoms with Crippen LogP contribution in [-0.4, -0.2) is 55.5 Å². The van der Waals surface area contributed by atoms with Gasteiger partial charge in [-0.15, -0.1) is 10.2 Å². The molecule has 21 heavy (non-hydrogen) atoms. The van der Waals surface area contributed by atoms with Crippen molar-refractivity contribution in [2.24, 2.45) is 0 Å². The van der Waals surface area contributed by atoms with Crippen LogP contribution in [0.4, 0.5) is 0 Å². The Morgan fingerprint density at radius 1 is 1.24 bits per heavy atom. The topological polar surface area (TPSA) is 88.3 Å². The molecule has 2 heterocycles. The zero-order valence-corrected chi connectivity index (χ0v) is 12.5. The Hall–Kier alpha value is -1.57. The van der Waals surface area contributed by atoms with Crippen molar-refractivity contribution in [3.8, 4) is 0 Å². The fourth-order valence-corrected chi connectivity index (χ4v) is 3.19.